The van der Waals surface area contributed by atoms with E-state index in [0.717, 1.165) is 14.2 Å². The summed E-state index contributed by atoms with van der Waals surface area (Å²) in [5, 5.41) is 0.0715. The molecule has 2 aliphatic rings. The maximum Gasteiger partial charge on any atom is 0.370 e. The predicted molar refractivity (Wildman–Crippen MR) is 121 cm³/mol. The van der Waals surface area contributed by atoms with Gasteiger partial charge in [-0.1, -0.05) is 0 Å². The zero-order chi connectivity index (χ0) is 25.5. The highest BCUT2D eigenvalue weighted by Gasteiger charge is 2.57. The van der Waals surface area contributed by atoms with Crippen LogP contribution in [0.5, 0.6) is 0 Å². The van der Waals surface area contributed by atoms with Crippen molar-refractivity contribution in [1.29, 1.82) is 0 Å². The van der Waals surface area contributed by atoms with Gasteiger partial charge in [-0.2, -0.15) is 4.98 Å². The Morgan fingerprint density at radius 2 is 1.94 bits per heavy atom. The van der Waals surface area contributed by atoms with Gasteiger partial charge in [0, 0.05) is 14.2 Å². The lowest BCUT2D eigenvalue weighted by Crippen LogP contribution is -2.36. The summed E-state index contributed by atoms with van der Waals surface area (Å²) in [4.78, 5) is 25.3. The van der Waals surface area contributed by atoms with Gasteiger partial charge in [0.05, 0.1) is 25.2 Å². The molecule has 0 aromatic carbocycles. The largest absolute Gasteiger partial charge is 0.464 e. The molecule has 0 amide bonds. The quantitative estimate of drug-likeness (QED) is 0.265. The smallest absolute Gasteiger partial charge is 0.370 e. The van der Waals surface area contributed by atoms with Crippen LogP contribution in [0.25, 0.3) is 11.2 Å². The van der Waals surface area contributed by atoms with Crippen LogP contribution in [0.2, 0.25) is 5.28 Å². The minimum absolute atomic E-state index is 0.0570. The Balaban J connectivity index is 1.62. The second kappa shape index (κ2) is 9.98. The van der Waals surface area contributed by atoms with Crippen molar-refractivity contribution in [2.24, 2.45) is 0 Å². The summed E-state index contributed by atoms with van der Waals surface area (Å²) >= 11 is 6.08. The molecular weight excluding hydrogens is 507 g/mol. The number of ether oxygens (including phenoxy) is 5. The topological polar surface area (TPSA) is 142 Å². The molecule has 15 heteroatoms. The summed E-state index contributed by atoms with van der Waals surface area (Å²) in [7, 11) is -1.65. The predicted octanol–water partition coefficient (Wildman–Crippen LogP) is 2.60. The van der Waals surface area contributed by atoms with E-state index in [4.69, 9.17) is 44.3 Å². The monoisotopic (exact) mass is 534 g/mol. The van der Waals surface area contributed by atoms with Crippen LogP contribution >= 0.6 is 19.2 Å². The summed E-state index contributed by atoms with van der Waals surface area (Å²) < 4.78 is 53.8. The van der Waals surface area contributed by atoms with Gasteiger partial charge >= 0.3 is 13.6 Å². The molecule has 0 N–H and O–H groups in total. The Morgan fingerprint density at radius 1 is 1.26 bits per heavy atom. The molecule has 0 bridgehead atoms. The first-order chi connectivity index (χ1) is 16.5. The number of rotatable bonds is 9. The van der Waals surface area contributed by atoms with Crippen molar-refractivity contribution in [2.75, 3.05) is 27.4 Å². The zero-order valence-electron chi connectivity index (χ0n) is 20.2. The molecule has 2 aliphatic heterocycles. The summed E-state index contributed by atoms with van der Waals surface area (Å²) in [6.07, 6.45) is -1.01. The second-order valence-corrected chi connectivity index (χ2v) is 11.0. The van der Waals surface area contributed by atoms with Crippen LogP contribution in [0.1, 0.15) is 32.7 Å². The Bertz CT molecular complexity index is 1140. The van der Waals surface area contributed by atoms with Crippen LogP contribution in [-0.2, 0) is 42.1 Å². The lowest BCUT2D eigenvalue weighted by Gasteiger charge is -2.27. The molecule has 0 aliphatic carbocycles. The van der Waals surface area contributed by atoms with Crippen LogP contribution in [0.4, 0.5) is 0 Å². The molecule has 35 heavy (non-hydrogen) atoms. The van der Waals surface area contributed by atoms with E-state index in [9.17, 15) is 9.36 Å². The average Bonchev–Trinajstić information content (AvgIpc) is 3.45. The number of halogens is 1. The van der Waals surface area contributed by atoms with Gasteiger partial charge in [-0.3, -0.25) is 9.13 Å². The molecule has 0 radical (unpaired) electrons. The molecule has 2 aromatic heterocycles. The molecule has 1 unspecified atom stereocenters. The second-order valence-electron chi connectivity index (χ2n) is 8.37. The number of nitrogens with zero attached hydrogens (tertiary/aromatic N) is 4. The van der Waals surface area contributed by atoms with Crippen LogP contribution in [-0.4, -0.2) is 82.9 Å². The van der Waals surface area contributed by atoms with E-state index in [1.807, 2.05) is 0 Å². The molecule has 13 nitrogen and oxygen atoms in total. The van der Waals surface area contributed by atoms with E-state index >= 15 is 0 Å². The average molecular weight is 535 g/mol. The third-order valence-corrected chi connectivity index (χ3v) is 7.79. The van der Waals surface area contributed by atoms with Gasteiger partial charge in [0.15, 0.2) is 17.7 Å². The molecule has 2 fully saturated rings. The lowest BCUT2D eigenvalue weighted by molar-refractivity contribution is -0.203. The minimum atomic E-state index is -3.97. The van der Waals surface area contributed by atoms with Gasteiger partial charge in [0.1, 0.15) is 23.8 Å². The van der Waals surface area contributed by atoms with E-state index in [1.54, 1.807) is 38.6 Å². The lowest BCUT2D eigenvalue weighted by atomic mass is 10.1. The van der Waals surface area contributed by atoms with Gasteiger partial charge in [-0.05, 0) is 39.3 Å². The fourth-order valence-corrected chi connectivity index (χ4v) is 5.52. The van der Waals surface area contributed by atoms with Crippen molar-refractivity contribution in [3.63, 3.8) is 0 Å². The van der Waals surface area contributed by atoms with Gasteiger partial charge < -0.3 is 32.7 Å². The highest BCUT2D eigenvalue weighted by molar-refractivity contribution is 7.55. The Hall–Kier alpha value is -1.70. The first-order valence-electron chi connectivity index (χ1n) is 10.9. The number of aromatic nitrogens is 4. The van der Waals surface area contributed by atoms with E-state index in [1.165, 1.54) is 0 Å². The van der Waals surface area contributed by atoms with Gasteiger partial charge in [0.25, 0.3) is 5.85 Å². The van der Waals surface area contributed by atoms with Gasteiger partial charge in [-0.25, -0.2) is 14.8 Å². The molecular formula is C20H28ClN4O9P. The van der Waals surface area contributed by atoms with E-state index in [0.29, 0.717) is 16.9 Å². The first kappa shape index (κ1) is 26.4. The maximum absolute atomic E-state index is 13.0. The number of fused-ring (bicyclic) bond motifs is 2. The fraction of sp³-hybridized carbons (Fsp3) is 0.700. The third kappa shape index (κ3) is 4.96. The Labute approximate surface area is 206 Å². The number of aryl methyl sites for hydroxylation is 1. The Morgan fingerprint density at radius 3 is 2.60 bits per heavy atom. The highest BCUT2D eigenvalue weighted by Crippen LogP contribution is 2.53. The van der Waals surface area contributed by atoms with Crippen molar-refractivity contribution in [3.8, 4) is 0 Å². The number of hydrogen-bond donors (Lipinski definition) is 0. The molecule has 5 atom stereocenters. The minimum Gasteiger partial charge on any atom is -0.464 e. The first-order valence-corrected chi connectivity index (χ1v) is 12.9. The van der Waals surface area contributed by atoms with Gasteiger partial charge in [0.2, 0.25) is 5.28 Å². The number of esters is 1. The maximum atomic E-state index is 13.0. The van der Waals surface area contributed by atoms with Gasteiger partial charge in [-0.15, -0.1) is 0 Å². The van der Waals surface area contributed by atoms with Crippen molar-refractivity contribution in [2.45, 2.75) is 63.9 Å². The summed E-state index contributed by atoms with van der Waals surface area (Å²) in [6, 6.07) is 0. The van der Waals surface area contributed by atoms with E-state index in [-0.39, 0.29) is 18.5 Å². The molecule has 194 valence electrons. The molecule has 0 saturated carbocycles. The van der Waals surface area contributed by atoms with E-state index < -0.39 is 49.7 Å². The number of imidazole rings is 1. The normalized spacial score (nSPS) is 26.7. The van der Waals surface area contributed by atoms with Crippen molar-refractivity contribution in [1.82, 2.24) is 19.5 Å². The number of carbonyl (C=O) groups excluding carboxylic acids is 1. The number of hydrogen-bond acceptors (Lipinski definition) is 12. The molecule has 2 saturated heterocycles. The zero-order valence-corrected chi connectivity index (χ0v) is 21.8. The molecule has 2 aromatic rings. The standard InChI is InChI=1S/C20H28ClN4O9P/c1-7-30-17(26)18(35(27,28-5)29-6)31-8-11-13-14(34-20(3,4)33-13)16(32-11)25-9-22-12-10(2)23-19(21)24-15(12)25/h9,11,13-14,16,18H,7-8H2,1-6H3/t11-,13-,14-,16-,18?/m1/s1. The molecule has 4 heterocycles. The third-order valence-electron chi connectivity index (χ3n) is 5.67. The molecule has 0 spiro atoms. The summed E-state index contributed by atoms with van der Waals surface area (Å²) in [6.45, 7) is 6.82. The Kier molecular flexibility index (Phi) is 7.52. The van der Waals surface area contributed by atoms with Crippen molar-refractivity contribution in [3.05, 3.63) is 17.3 Å². The van der Waals surface area contributed by atoms with Crippen LogP contribution in [0.3, 0.4) is 0 Å². The van der Waals surface area contributed by atoms with Crippen LogP contribution < -0.4 is 0 Å². The van der Waals surface area contributed by atoms with Crippen molar-refractivity contribution < 1.29 is 42.1 Å². The summed E-state index contributed by atoms with van der Waals surface area (Å²) in [5.74, 6) is -3.40. The number of carbonyl (C=O) groups is 1. The van der Waals surface area contributed by atoms with Crippen LogP contribution in [0.15, 0.2) is 6.33 Å². The fourth-order valence-electron chi connectivity index (χ4n) is 4.18. The summed E-state index contributed by atoms with van der Waals surface area (Å²) in [5.41, 5.74) is 1.65. The van der Waals surface area contributed by atoms with Crippen molar-refractivity contribution >= 4 is 36.3 Å². The molecule has 4 rings (SSSR count). The van der Waals surface area contributed by atoms with Crippen LogP contribution in [0, 0.1) is 6.92 Å². The SMILES string of the molecule is CCOC(=O)C(OC[C@H]1O[C@@H](n2cnc3c(C)nc(Cl)nc32)[C@@H]2OC(C)(C)O[C@@H]21)P(=O)(OC)OC. The highest BCUT2D eigenvalue weighted by atomic mass is 35.5. The van der Waals surface area contributed by atoms with E-state index in [2.05, 4.69) is 15.0 Å².